The second-order valence-electron chi connectivity index (χ2n) is 4.23. The minimum absolute atomic E-state index is 0.331. The van der Waals surface area contributed by atoms with Crippen LogP contribution in [0.25, 0.3) is 0 Å². The second kappa shape index (κ2) is 5.14. The molecule has 0 aromatic carbocycles. The van der Waals surface area contributed by atoms with Crippen LogP contribution in [0.2, 0.25) is 0 Å². The molecule has 1 rings (SSSR count). The van der Waals surface area contributed by atoms with E-state index >= 15 is 0 Å². The van der Waals surface area contributed by atoms with E-state index in [1.54, 1.807) is 0 Å². The average molecular weight is 226 g/mol. The van der Waals surface area contributed by atoms with E-state index < -0.39 is 11.8 Å². The number of carbonyl (C=O) groups is 2. The van der Waals surface area contributed by atoms with Crippen molar-refractivity contribution in [2.45, 2.75) is 26.7 Å². The normalized spacial score (nSPS) is 25.2. The topological polar surface area (TPSA) is 52.6 Å². The van der Waals surface area contributed by atoms with Crippen molar-refractivity contribution in [3.05, 3.63) is 11.1 Å². The van der Waals surface area contributed by atoms with Crippen LogP contribution in [0.1, 0.15) is 26.7 Å². The lowest BCUT2D eigenvalue weighted by Gasteiger charge is -2.29. The van der Waals surface area contributed by atoms with Crippen LogP contribution in [-0.2, 0) is 19.1 Å². The van der Waals surface area contributed by atoms with Gasteiger partial charge in [0.1, 0.15) is 0 Å². The summed E-state index contributed by atoms with van der Waals surface area (Å²) >= 11 is 0. The summed E-state index contributed by atoms with van der Waals surface area (Å²) in [6.45, 7) is 3.97. The molecule has 2 atom stereocenters. The molecule has 4 nitrogen and oxygen atoms in total. The Bertz CT molecular complexity index is 298. The lowest BCUT2D eigenvalue weighted by molar-refractivity contribution is -0.157. The second-order valence-corrected chi connectivity index (χ2v) is 4.23. The number of carbonyl (C=O) groups excluding carboxylic acids is 2. The number of hydrogen-bond donors (Lipinski definition) is 0. The maximum absolute atomic E-state index is 11.6. The minimum Gasteiger partial charge on any atom is -0.469 e. The number of rotatable bonds is 2. The monoisotopic (exact) mass is 226 g/mol. The van der Waals surface area contributed by atoms with Crippen LogP contribution in [0.5, 0.6) is 0 Å². The summed E-state index contributed by atoms with van der Waals surface area (Å²) in [6.07, 6.45) is 1.16. The van der Waals surface area contributed by atoms with Crippen LogP contribution < -0.4 is 0 Å². The Hall–Kier alpha value is -1.32. The van der Waals surface area contributed by atoms with E-state index in [2.05, 4.69) is 0 Å². The van der Waals surface area contributed by atoms with Gasteiger partial charge in [-0.1, -0.05) is 11.1 Å². The fourth-order valence-corrected chi connectivity index (χ4v) is 2.09. The first-order chi connectivity index (χ1) is 7.51. The zero-order valence-corrected chi connectivity index (χ0v) is 10.2. The number of ether oxygens (including phenoxy) is 2. The molecule has 90 valence electrons. The number of methoxy groups -OCH3 is 2. The Labute approximate surface area is 95.6 Å². The van der Waals surface area contributed by atoms with Crippen LogP contribution in [-0.4, -0.2) is 26.2 Å². The molecule has 0 aromatic rings. The van der Waals surface area contributed by atoms with Gasteiger partial charge in [-0.15, -0.1) is 0 Å². The maximum atomic E-state index is 11.6. The molecule has 0 aliphatic heterocycles. The van der Waals surface area contributed by atoms with Crippen molar-refractivity contribution in [2.24, 2.45) is 11.8 Å². The van der Waals surface area contributed by atoms with E-state index in [1.807, 2.05) is 13.8 Å². The molecule has 0 saturated heterocycles. The molecule has 0 spiro atoms. The van der Waals surface area contributed by atoms with Gasteiger partial charge in [0.15, 0.2) is 0 Å². The number of allylic oxidation sites excluding steroid dienone is 2. The van der Waals surface area contributed by atoms with Crippen molar-refractivity contribution < 1.29 is 19.1 Å². The molecule has 0 saturated carbocycles. The van der Waals surface area contributed by atoms with Gasteiger partial charge in [-0.2, -0.15) is 0 Å². The fraction of sp³-hybridized carbons (Fsp3) is 0.667. The van der Waals surface area contributed by atoms with Gasteiger partial charge >= 0.3 is 11.9 Å². The van der Waals surface area contributed by atoms with Gasteiger partial charge in [-0.05, 0) is 26.7 Å². The van der Waals surface area contributed by atoms with E-state index in [0.29, 0.717) is 12.8 Å². The summed E-state index contributed by atoms with van der Waals surface area (Å²) in [4.78, 5) is 23.2. The summed E-state index contributed by atoms with van der Waals surface area (Å²) in [7, 11) is 2.69. The molecule has 0 radical (unpaired) electrons. The highest BCUT2D eigenvalue weighted by Crippen LogP contribution is 2.35. The first kappa shape index (κ1) is 12.7. The molecule has 16 heavy (non-hydrogen) atoms. The van der Waals surface area contributed by atoms with E-state index in [0.717, 1.165) is 11.1 Å². The van der Waals surface area contributed by atoms with Crippen LogP contribution in [0.15, 0.2) is 11.1 Å². The van der Waals surface area contributed by atoms with E-state index in [-0.39, 0.29) is 11.9 Å². The molecular formula is C12H18O4. The molecule has 0 aromatic heterocycles. The highest BCUT2D eigenvalue weighted by atomic mass is 16.5. The lowest BCUT2D eigenvalue weighted by Crippen LogP contribution is -2.34. The summed E-state index contributed by atoms with van der Waals surface area (Å²) in [5, 5.41) is 0. The van der Waals surface area contributed by atoms with Gasteiger partial charge in [0.05, 0.1) is 26.1 Å². The Balaban J connectivity index is 2.95. The quantitative estimate of drug-likeness (QED) is 0.531. The molecule has 1 aliphatic carbocycles. The Morgan fingerprint density at radius 2 is 1.25 bits per heavy atom. The Morgan fingerprint density at radius 3 is 1.50 bits per heavy atom. The molecule has 0 unspecified atom stereocenters. The first-order valence-corrected chi connectivity index (χ1v) is 5.32. The van der Waals surface area contributed by atoms with Crippen molar-refractivity contribution in [1.29, 1.82) is 0 Å². The molecule has 0 N–H and O–H groups in total. The molecule has 0 bridgehead atoms. The van der Waals surface area contributed by atoms with Crippen LogP contribution in [0, 0.1) is 11.8 Å². The van der Waals surface area contributed by atoms with Gasteiger partial charge in [0.2, 0.25) is 0 Å². The molecular weight excluding hydrogens is 208 g/mol. The molecule has 0 amide bonds. The zero-order chi connectivity index (χ0) is 12.3. The van der Waals surface area contributed by atoms with Crippen LogP contribution >= 0.6 is 0 Å². The SMILES string of the molecule is COC(=O)[C@@H]1CC(C)=C(C)C[C@H]1C(=O)OC. The predicted molar refractivity (Wildman–Crippen MR) is 58.6 cm³/mol. The minimum atomic E-state index is -0.402. The number of hydrogen-bond acceptors (Lipinski definition) is 4. The Morgan fingerprint density at radius 1 is 0.938 bits per heavy atom. The third-order valence-electron chi connectivity index (χ3n) is 3.27. The van der Waals surface area contributed by atoms with E-state index in [9.17, 15) is 9.59 Å². The average Bonchev–Trinajstić information content (AvgIpc) is 2.30. The van der Waals surface area contributed by atoms with Crippen molar-refractivity contribution in [2.75, 3.05) is 14.2 Å². The van der Waals surface area contributed by atoms with Crippen LogP contribution in [0.4, 0.5) is 0 Å². The smallest absolute Gasteiger partial charge is 0.309 e. The fourth-order valence-electron chi connectivity index (χ4n) is 2.09. The third-order valence-corrected chi connectivity index (χ3v) is 3.27. The zero-order valence-electron chi connectivity index (χ0n) is 10.2. The first-order valence-electron chi connectivity index (χ1n) is 5.32. The van der Waals surface area contributed by atoms with Gasteiger partial charge < -0.3 is 9.47 Å². The number of esters is 2. The highest BCUT2D eigenvalue weighted by Gasteiger charge is 2.38. The lowest BCUT2D eigenvalue weighted by atomic mass is 9.76. The van der Waals surface area contributed by atoms with E-state index in [1.165, 1.54) is 14.2 Å². The largest absolute Gasteiger partial charge is 0.469 e. The van der Waals surface area contributed by atoms with E-state index in [4.69, 9.17) is 9.47 Å². The summed E-state index contributed by atoms with van der Waals surface area (Å²) < 4.78 is 9.46. The van der Waals surface area contributed by atoms with Crippen molar-refractivity contribution in [1.82, 2.24) is 0 Å². The predicted octanol–water partition coefficient (Wildman–Crippen LogP) is 1.70. The third kappa shape index (κ3) is 2.43. The summed E-state index contributed by atoms with van der Waals surface area (Å²) in [5.41, 5.74) is 2.33. The maximum Gasteiger partial charge on any atom is 0.309 e. The molecule has 1 aliphatic rings. The van der Waals surface area contributed by atoms with Crippen molar-refractivity contribution >= 4 is 11.9 Å². The molecule has 0 fully saturated rings. The van der Waals surface area contributed by atoms with Crippen LogP contribution in [0.3, 0.4) is 0 Å². The van der Waals surface area contributed by atoms with Gasteiger partial charge in [0.25, 0.3) is 0 Å². The highest BCUT2D eigenvalue weighted by molar-refractivity contribution is 5.83. The van der Waals surface area contributed by atoms with Gasteiger partial charge in [-0.25, -0.2) is 0 Å². The Kier molecular flexibility index (Phi) is 4.10. The standard InChI is InChI=1S/C12H18O4/c1-7-5-9(11(13)15-3)10(6-8(7)2)12(14)16-4/h9-10H,5-6H2,1-4H3/t9-,10-/m1/s1. The van der Waals surface area contributed by atoms with Gasteiger partial charge in [-0.3, -0.25) is 9.59 Å². The van der Waals surface area contributed by atoms with Gasteiger partial charge in [0, 0.05) is 0 Å². The van der Waals surface area contributed by atoms with Crippen molar-refractivity contribution in [3.8, 4) is 0 Å². The summed E-state index contributed by atoms with van der Waals surface area (Å²) in [5.74, 6) is -1.47. The molecule has 0 heterocycles. The summed E-state index contributed by atoms with van der Waals surface area (Å²) in [6, 6.07) is 0. The molecule has 4 heteroatoms. The van der Waals surface area contributed by atoms with Crippen molar-refractivity contribution in [3.63, 3.8) is 0 Å².